The molecule has 0 aromatic heterocycles. The van der Waals surface area contributed by atoms with Gasteiger partial charge in [0.1, 0.15) is 0 Å². The van der Waals surface area contributed by atoms with Gasteiger partial charge in [-0.15, -0.1) is 0 Å². The van der Waals surface area contributed by atoms with Crippen molar-refractivity contribution in [1.29, 1.82) is 0 Å². The molecule has 2 rings (SSSR count). The molecule has 1 unspecified atom stereocenters. The molecule has 1 aliphatic rings. The van der Waals surface area contributed by atoms with Crippen LogP contribution in [0.25, 0.3) is 0 Å². The van der Waals surface area contributed by atoms with E-state index in [1.807, 2.05) is 6.21 Å². The highest BCUT2D eigenvalue weighted by Gasteiger charge is 2.28. The number of carboxylic acid groups (broad SMARTS) is 1. The first-order valence-corrected chi connectivity index (χ1v) is 10.4. The third-order valence-electron chi connectivity index (χ3n) is 4.46. The lowest BCUT2D eigenvalue weighted by molar-refractivity contribution is 0.0696. The van der Waals surface area contributed by atoms with E-state index in [2.05, 4.69) is 17.2 Å². The molecule has 0 saturated carbocycles. The minimum absolute atomic E-state index is 0.00548. The maximum atomic E-state index is 12.7. The highest BCUT2D eigenvalue weighted by atomic mass is 32.2. The molecule has 1 atom stereocenters. The van der Waals surface area contributed by atoms with Gasteiger partial charge in [0, 0.05) is 24.7 Å². The summed E-state index contributed by atoms with van der Waals surface area (Å²) in [6, 6.07) is 2.86. The number of hydrogen-bond donors (Lipinski definition) is 2. The zero-order valence-corrected chi connectivity index (χ0v) is 15.6. The number of sulfone groups is 1. The van der Waals surface area contributed by atoms with Crippen LogP contribution in [-0.2, 0) is 9.84 Å². The summed E-state index contributed by atoms with van der Waals surface area (Å²) in [6.07, 6.45) is 5.39. The minimum atomic E-state index is -3.54. The van der Waals surface area contributed by atoms with E-state index in [4.69, 9.17) is 0 Å². The fraction of sp³-hybridized carbons (Fsp3) is 0.556. The smallest absolute Gasteiger partial charge is 0.335 e. The number of carboxylic acids is 1. The second-order valence-electron chi connectivity index (χ2n) is 6.25. The largest absolute Gasteiger partial charge is 0.478 e. The molecule has 7 heteroatoms. The summed E-state index contributed by atoms with van der Waals surface area (Å²) in [6.45, 7) is 4.85. The Morgan fingerprint density at radius 2 is 2.12 bits per heavy atom. The van der Waals surface area contributed by atoms with Crippen LogP contribution in [-0.4, -0.2) is 44.6 Å². The van der Waals surface area contributed by atoms with Crippen molar-refractivity contribution in [3.63, 3.8) is 0 Å². The molecule has 2 N–H and O–H groups in total. The molecule has 1 heterocycles. The molecule has 0 fully saturated rings. The predicted octanol–water partition coefficient (Wildman–Crippen LogP) is 3.34. The van der Waals surface area contributed by atoms with Crippen LogP contribution in [0.5, 0.6) is 0 Å². The molecular formula is C18H26N2O4S. The van der Waals surface area contributed by atoms with Gasteiger partial charge in [-0.3, -0.25) is 4.99 Å². The van der Waals surface area contributed by atoms with Crippen molar-refractivity contribution in [3.8, 4) is 0 Å². The molecule has 1 aromatic carbocycles. The van der Waals surface area contributed by atoms with E-state index < -0.39 is 15.8 Å². The van der Waals surface area contributed by atoms with Crippen LogP contribution in [0.3, 0.4) is 0 Å². The normalized spacial score (nSPS) is 17.4. The van der Waals surface area contributed by atoms with E-state index in [9.17, 15) is 18.3 Å². The van der Waals surface area contributed by atoms with Crippen LogP contribution in [0.2, 0.25) is 0 Å². The fourth-order valence-corrected chi connectivity index (χ4v) is 4.26. The van der Waals surface area contributed by atoms with Gasteiger partial charge in [-0.25, -0.2) is 13.2 Å². The van der Waals surface area contributed by atoms with Crippen LogP contribution in [0, 0.1) is 0 Å². The van der Waals surface area contributed by atoms with Gasteiger partial charge in [-0.2, -0.15) is 0 Å². The van der Waals surface area contributed by atoms with Gasteiger partial charge in [0.15, 0.2) is 9.84 Å². The topological polar surface area (TPSA) is 95.8 Å². The van der Waals surface area contributed by atoms with Crippen molar-refractivity contribution >= 4 is 27.7 Å². The van der Waals surface area contributed by atoms with Crippen LogP contribution >= 0.6 is 0 Å². The highest BCUT2D eigenvalue weighted by Crippen LogP contribution is 2.37. The number of hydrogen-bond acceptors (Lipinski definition) is 5. The predicted molar refractivity (Wildman–Crippen MR) is 99.9 cm³/mol. The molecule has 0 spiro atoms. The molecule has 0 saturated heterocycles. The lowest BCUT2D eigenvalue weighted by Crippen LogP contribution is -2.19. The van der Waals surface area contributed by atoms with Crippen LogP contribution in [0.1, 0.15) is 61.4 Å². The lowest BCUT2D eigenvalue weighted by Gasteiger charge is -2.25. The zero-order valence-electron chi connectivity index (χ0n) is 14.8. The monoisotopic (exact) mass is 366 g/mol. The first kappa shape index (κ1) is 19.4. The maximum Gasteiger partial charge on any atom is 0.335 e. The molecule has 6 nitrogen and oxygen atoms in total. The molecule has 25 heavy (non-hydrogen) atoms. The Kier molecular flexibility index (Phi) is 6.58. The SMILES string of the molecule is CCCCNc1cc(C(=O)O)cc(S(=O)(=O)CC)c1C1CCC=NC1. The molecule has 1 aliphatic heterocycles. The molecule has 0 bridgehead atoms. The van der Waals surface area contributed by atoms with Crippen LogP contribution < -0.4 is 5.32 Å². The standard InChI is InChI=1S/C18H26N2O4S/c1-3-5-9-20-15-10-14(18(21)22)11-16(25(23,24)4-2)17(15)13-7-6-8-19-12-13/h8,10-11,13,20H,3-7,9,12H2,1-2H3,(H,21,22). The second-order valence-corrected chi connectivity index (χ2v) is 8.49. The van der Waals surface area contributed by atoms with Crippen LogP contribution in [0.4, 0.5) is 5.69 Å². The van der Waals surface area contributed by atoms with Gasteiger partial charge in [0.25, 0.3) is 0 Å². The minimum Gasteiger partial charge on any atom is -0.478 e. The van der Waals surface area contributed by atoms with E-state index in [-0.39, 0.29) is 22.1 Å². The highest BCUT2D eigenvalue weighted by molar-refractivity contribution is 7.91. The number of nitrogens with zero attached hydrogens (tertiary/aromatic N) is 1. The Morgan fingerprint density at radius 1 is 1.36 bits per heavy atom. The van der Waals surface area contributed by atoms with Gasteiger partial charge in [-0.1, -0.05) is 20.3 Å². The number of benzene rings is 1. The Hall–Kier alpha value is -1.89. The number of unbranched alkanes of at least 4 members (excludes halogenated alkanes) is 1. The van der Waals surface area contributed by atoms with E-state index in [0.717, 1.165) is 25.7 Å². The average molecular weight is 366 g/mol. The summed E-state index contributed by atoms with van der Waals surface area (Å²) >= 11 is 0. The van der Waals surface area contributed by atoms with Gasteiger partial charge in [0.2, 0.25) is 0 Å². The summed E-state index contributed by atoms with van der Waals surface area (Å²) in [5.41, 5.74) is 1.30. The van der Waals surface area contributed by atoms with Crippen molar-refractivity contribution in [2.75, 3.05) is 24.2 Å². The molecule has 0 radical (unpaired) electrons. The van der Waals surface area contributed by atoms with Crippen molar-refractivity contribution in [2.24, 2.45) is 4.99 Å². The van der Waals surface area contributed by atoms with E-state index in [1.165, 1.54) is 6.07 Å². The second kappa shape index (κ2) is 8.47. The van der Waals surface area contributed by atoms with Crippen molar-refractivity contribution in [2.45, 2.75) is 50.3 Å². The third kappa shape index (κ3) is 4.60. The first-order chi connectivity index (χ1) is 11.9. The molecule has 138 valence electrons. The summed E-state index contributed by atoms with van der Waals surface area (Å²) in [4.78, 5) is 15.9. The van der Waals surface area contributed by atoms with Crippen molar-refractivity contribution in [3.05, 3.63) is 23.3 Å². The van der Waals surface area contributed by atoms with E-state index in [0.29, 0.717) is 24.3 Å². The lowest BCUT2D eigenvalue weighted by atomic mass is 9.90. The fourth-order valence-electron chi connectivity index (χ4n) is 3.03. The quantitative estimate of drug-likeness (QED) is 0.688. The van der Waals surface area contributed by atoms with Gasteiger partial charge >= 0.3 is 5.97 Å². The molecular weight excluding hydrogens is 340 g/mol. The molecule has 1 aromatic rings. The number of anilines is 1. The Labute approximate surface area is 149 Å². The zero-order chi connectivity index (χ0) is 18.4. The Balaban J connectivity index is 2.64. The van der Waals surface area contributed by atoms with Crippen molar-refractivity contribution < 1.29 is 18.3 Å². The number of rotatable bonds is 8. The van der Waals surface area contributed by atoms with E-state index in [1.54, 1.807) is 13.0 Å². The maximum absolute atomic E-state index is 12.7. The number of aromatic carboxylic acids is 1. The summed E-state index contributed by atoms with van der Waals surface area (Å²) < 4.78 is 25.3. The average Bonchev–Trinajstić information content (AvgIpc) is 2.62. The molecule has 0 amide bonds. The summed E-state index contributed by atoms with van der Waals surface area (Å²) in [5.74, 6) is -1.21. The van der Waals surface area contributed by atoms with E-state index >= 15 is 0 Å². The molecule has 0 aliphatic carbocycles. The summed E-state index contributed by atoms with van der Waals surface area (Å²) in [7, 11) is -3.54. The Morgan fingerprint density at radius 3 is 2.68 bits per heavy atom. The number of nitrogens with one attached hydrogen (secondary N) is 1. The first-order valence-electron chi connectivity index (χ1n) is 8.76. The number of aliphatic imine (C=N–C) groups is 1. The number of carbonyl (C=O) groups is 1. The Bertz CT molecular complexity index is 757. The van der Waals surface area contributed by atoms with Crippen LogP contribution in [0.15, 0.2) is 22.0 Å². The summed E-state index contributed by atoms with van der Waals surface area (Å²) in [5, 5.41) is 12.7. The van der Waals surface area contributed by atoms with Gasteiger partial charge in [-0.05, 0) is 43.2 Å². The van der Waals surface area contributed by atoms with Gasteiger partial charge in [0.05, 0.1) is 16.2 Å². The van der Waals surface area contributed by atoms with Gasteiger partial charge < -0.3 is 10.4 Å². The third-order valence-corrected chi connectivity index (χ3v) is 6.23. The van der Waals surface area contributed by atoms with Crippen molar-refractivity contribution in [1.82, 2.24) is 0 Å².